The Balaban J connectivity index is 2.06. The molecule has 5 heteroatoms. The van der Waals surface area contributed by atoms with Gasteiger partial charge < -0.3 is 9.84 Å². The fourth-order valence-electron chi connectivity index (χ4n) is 2.19. The molecule has 0 aromatic carbocycles. The monoisotopic (exact) mass is 260 g/mol. The van der Waals surface area contributed by atoms with Crippen LogP contribution in [0.4, 0.5) is 0 Å². The van der Waals surface area contributed by atoms with Crippen LogP contribution >= 0.6 is 0 Å². The molecular weight excluding hydrogens is 240 g/mol. The lowest BCUT2D eigenvalue weighted by atomic mass is 10.00. The largest absolute Gasteiger partial charge is 0.339 e. The van der Waals surface area contributed by atoms with Gasteiger partial charge in [-0.2, -0.15) is 4.98 Å². The Labute approximate surface area is 113 Å². The zero-order valence-electron chi connectivity index (χ0n) is 11.6. The molecule has 2 aromatic heterocycles. The summed E-state index contributed by atoms with van der Waals surface area (Å²) in [5, 5.41) is 7.31. The molecule has 0 aliphatic rings. The van der Waals surface area contributed by atoms with Crippen molar-refractivity contribution in [2.24, 2.45) is 0 Å². The quantitative estimate of drug-likeness (QED) is 0.862. The van der Waals surface area contributed by atoms with E-state index >= 15 is 0 Å². The fraction of sp³-hybridized carbons (Fsp3) is 0.500. The van der Waals surface area contributed by atoms with Gasteiger partial charge in [-0.05, 0) is 25.1 Å². The molecule has 0 saturated carbocycles. The summed E-state index contributed by atoms with van der Waals surface area (Å²) in [7, 11) is 1.96. The van der Waals surface area contributed by atoms with E-state index in [1.54, 1.807) is 6.20 Å². The summed E-state index contributed by atoms with van der Waals surface area (Å²) < 4.78 is 5.36. The second kappa shape index (κ2) is 6.43. The van der Waals surface area contributed by atoms with Crippen LogP contribution in [0.5, 0.6) is 0 Å². The number of pyridine rings is 1. The Morgan fingerprint density at radius 1 is 1.42 bits per heavy atom. The molecule has 2 rings (SSSR count). The first-order valence-electron chi connectivity index (χ1n) is 6.63. The highest BCUT2D eigenvalue weighted by Crippen LogP contribution is 2.19. The third kappa shape index (κ3) is 3.38. The second-order valence-electron chi connectivity index (χ2n) is 4.68. The van der Waals surface area contributed by atoms with Crippen molar-refractivity contribution in [3.63, 3.8) is 0 Å². The highest BCUT2D eigenvalue weighted by Gasteiger charge is 2.21. The van der Waals surface area contributed by atoms with Crippen molar-refractivity contribution in [1.29, 1.82) is 0 Å². The molecule has 1 N–H and O–H groups in total. The smallest absolute Gasteiger partial charge is 0.231 e. The van der Waals surface area contributed by atoms with E-state index in [9.17, 15) is 0 Å². The molecule has 5 nitrogen and oxygen atoms in total. The number of hydrogen-bond donors (Lipinski definition) is 1. The van der Waals surface area contributed by atoms with Crippen molar-refractivity contribution >= 4 is 0 Å². The van der Waals surface area contributed by atoms with Gasteiger partial charge in [0.1, 0.15) is 0 Å². The molecule has 0 bridgehead atoms. The molecule has 102 valence electrons. The highest BCUT2D eigenvalue weighted by atomic mass is 16.5. The Kier molecular flexibility index (Phi) is 4.63. The van der Waals surface area contributed by atoms with Gasteiger partial charge >= 0.3 is 0 Å². The molecule has 0 spiro atoms. The van der Waals surface area contributed by atoms with Gasteiger partial charge in [0, 0.05) is 24.9 Å². The van der Waals surface area contributed by atoms with Gasteiger partial charge in [-0.3, -0.25) is 4.98 Å². The third-order valence-corrected chi connectivity index (χ3v) is 3.37. The van der Waals surface area contributed by atoms with Crippen LogP contribution in [0.3, 0.4) is 0 Å². The van der Waals surface area contributed by atoms with E-state index in [0.717, 1.165) is 12.0 Å². The van der Waals surface area contributed by atoms with Crippen molar-refractivity contribution in [3.8, 4) is 0 Å². The standard InChI is InChI=1S/C14H20N4O/c1-4-12(15-3)10(2)14-17-13(18-19-14)8-11-6-5-7-16-9-11/h5-7,9-10,12,15H,4,8H2,1-3H3. The van der Waals surface area contributed by atoms with Crippen LogP contribution in [-0.4, -0.2) is 28.2 Å². The molecule has 0 radical (unpaired) electrons. The van der Waals surface area contributed by atoms with Crippen LogP contribution in [0.1, 0.15) is 43.5 Å². The molecule has 0 aliphatic heterocycles. The van der Waals surface area contributed by atoms with E-state index in [1.165, 1.54) is 0 Å². The normalized spacial score (nSPS) is 14.3. The summed E-state index contributed by atoms with van der Waals surface area (Å²) in [5.74, 6) is 1.62. The number of hydrogen-bond acceptors (Lipinski definition) is 5. The molecule has 2 atom stereocenters. The summed E-state index contributed by atoms with van der Waals surface area (Å²) >= 11 is 0. The number of likely N-dealkylation sites (N-methyl/N-ethyl adjacent to an activating group) is 1. The Morgan fingerprint density at radius 2 is 2.26 bits per heavy atom. The predicted molar refractivity (Wildman–Crippen MR) is 72.9 cm³/mol. The Hall–Kier alpha value is -1.75. The summed E-state index contributed by atoms with van der Waals surface area (Å²) in [5.41, 5.74) is 1.09. The molecule has 19 heavy (non-hydrogen) atoms. The predicted octanol–water partition coefficient (Wildman–Crippen LogP) is 2.16. The number of rotatable bonds is 6. The molecule has 2 unspecified atom stereocenters. The average molecular weight is 260 g/mol. The van der Waals surface area contributed by atoms with Crippen molar-refractivity contribution < 1.29 is 4.52 Å². The van der Waals surface area contributed by atoms with E-state index in [-0.39, 0.29) is 5.92 Å². The molecule has 0 fully saturated rings. The van der Waals surface area contributed by atoms with Crippen molar-refractivity contribution in [3.05, 3.63) is 41.8 Å². The second-order valence-corrected chi connectivity index (χ2v) is 4.68. The van der Waals surface area contributed by atoms with Gasteiger partial charge in [-0.25, -0.2) is 0 Å². The maximum Gasteiger partial charge on any atom is 0.231 e. The van der Waals surface area contributed by atoms with Crippen LogP contribution in [0.2, 0.25) is 0 Å². The average Bonchev–Trinajstić information content (AvgIpc) is 2.89. The van der Waals surface area contributed by atoms with E-state index in [1.807, 2.05) is 25.4 Å². The molecular formula is C14H20N4O. The zero-order chi connectivity index (χ0) is 13.7. The topological polar surface area (TPSA) is 63.8 Å². The summed E-state index contributed by atoms with van der Waals surface area (Å²) in [6.45, 7) is 4.25. The zero-order valence-corrected chi connectivity index (χ0v) is 11.6. The maximum atomic E-state index is 5.36. The van der Waals surface area contributed by atoms with Gasteiger partial charge in [0.25, 0.3) is 0 Å². The van der Waals surface area contributed by atoms with Gasteiger partial charge in [0.15, 0.2) is 5.82 Å². The molecule has 0 saturated heterocycles. The number of aromatic nitrogens is 3. The van der Waals surface area contributed by atoms with Crippen molar-refractivity contribution in [2.75, 3.05) is 7.05 Å². The lowest BCUT2D eigenvalue weighted by molar-refractivity contribution is 0.324. The summed E-state index contributed by atoms with van der Waals surface area (Å²) in [6, 6.07) is 4.27. The fourth-order valence-corrected chi connectivity index (χ4v) is 2.19. The maximum absolute atomic E-state index is 5.36. The van der Waals surface area contributed by atoms with Crippen LogP contribution in [0.25, 0.3) is 0 Å². The van der Waals surface area contributed by atoms with Crippen molar-refractivity contribution in [2.45, 2.75) is 38.6 Å². The first-order valence-corrected chi connectivity index (χ1v) is 6.63. The molecule has 0 amide bonds. The minimum Gasteiger partial charge on any atom is -0.339 e. The number of nitrogens with zero attached hydrogens (tertiary/aromatic N) is 3. The van der Waals surface area contributed by atoms with Crippen LogP contribution < -0.4 is 5.32 Å². The van der Waals surface area contributed by atoms with Gasteiger partial charge in [-0.15, -0.1) is 0 Å². The Morgan fingerprint density at radius 3 is 2.89 bits per heavy atom. The van der Waals surface area contributed by atoms with E-state index in [0.29, 0.717) is 24.2 Å². The highest BCUT2D eigenvalue weighted by molar-refractivity contribution is 5.14. The van der Waals surface area contributed by atoms with E-state index < -0.39 is 0 Å². The van der Waals surface area contributed by atoms with Crippen LogP contribution in [-0.2, 0) is 6.42 Å². The number of nitrogens with one attached hydrogen (secondary N) is 1. The van der Waals surface area contributed by atoms with Crippen molar-refractivity contribution in [1.82, 2.24) is 20.4 Å². The minimum atomic E-state index is 0.213. The van der Waals surface area contributed by atoms with Gasteiger partial charge in [-0.1, -0.05) is 25.1 Å². The summed E-state index contributed by atoms with van der Waals surface area (Å²) in [6.07, 6.45) is 5.26. The Bertz CT molecular complexity index is 493. The molecule has 0 aliphatic carbocycles. The minimum absolute atomic E-state index is 0.213. The third-order valence-electron chi connectivity index (χ3n) is 3.37. The van der Waals surface area contributed by atoms with Crippen LogP contribution in [0, 0.1) is 0 Å². The SMILES string of the molecule is CCC(NC)C(C)c1nc(Cc2cccnc2)no1. The van der Waals surface area contributed by atoms with E-state index in [2.05, 4.69) is 34.3 Å². The van der Waals surface area contributed by atoms with Gasteiger partial charge in [0.05, 0.1) is 5.92 Å². The lowest BCUT2D eigenvalue weighted by Gasteiger charge is -2.18. The first-order chi connectivity index (χ1) is 9.24. The summed E-state index contributed by atoms with van der Waals surface area (Å²) in [4.78, 5) is 8.56. The molecule has 2 heterocycles. The lowest BCUT2D eigenvalue weighted by Crippen LogP contribution is -2.30. The van der Waals surface area contributed by atoms with Gasteiger partial charge in [0.2, 0.25) is 5.89 Å². The van der Waals surface area contributed by atoms with E-state index in [4.69, 9.17) is 4.52 Å². The van der Waals surface area contributed by atoms with Crippen LogP contribution in [0.15, 0.2) is 29.0 Å². The first kappa shape index (κ1) is 13.7. The molecule has 2 aromatic rings.